The summed E-state index contributed by atoms with van der Waals surface area (Å²) in [5.74, 6) is 0. The number of halogens is 1. The van der Waals surface area contributed by atoms with E-state index < -0.39 is 6.10 Å². The molecule has 0 spiro atoms. The van der Waals surface area contributed by atoms with E-state index in [0.717, 1.165) is 22.4 Å². The number of rotatable bonds is 6. The number of aromatic nitrogens is 3. The summed E-state index contributed by atoms with van der Waals surface area (Å²) in [5, 5.41) is 18.7. The second-order valence-corrected chi connectivity index (χ2v) is 5.99. The average molecular weight is 343 g/mol. The molecule has 2 N–H and O–H groups in total. The summed E-state index contributed by atoms with van der Waals surface area (Å²) in [6.45, 7) is 1.02. The molecule has 0 aliphatic rings. The van der Waals surface area contributed by atoms with Crippen molar-refractivity contribution in [1.82, 2.24) is 20.1 Å². The maximum atomic E-state index is 10.3. The molecule has 0 aliphatic carbocycles. The Kier molecular flexibility index (Phi) is 5.25. The van der Waals surface area contributed by atoms with E-state index in [1.165, 1.54) is 0 Å². The van der Waals surface area contributed by atoms with Gasteiger partial charge in [0.25, 0.3) is 0 Å². The number of aliphatic hydroxyl groups is 1. The van der Waals surface area contributed by atoms with Crippen LogP contribution in [0.2, 0.25) is 5.02 Å². The third-order valence-corrected chi connectivity index (χ3v) is 4.12. The molecule has 1 aromatic carbocycles. The van der Waals surface area contributed by atoms with Crippen molar-refractivity contribution in [3.63, 3.8) is 0 Å². The first-order chi connectivity index (χ1) is 11.6. The lowest BCUT2D eigenvalue weighted by molar-refractivity contribution is 0.174. The summed E-state index contributed by atoms with van der Waals surface area (Å²) in [4.78, 5) is 4.04. The van der Waals surface area contributed by atoms with Crippen molar-refractivity contribution in [2.75, 3.05) is 6.54 Å². The fraction of sp³-hybridized carbons (Fsp3) is 0.222. The van der Waals surface area contributed by atoms with Crippen LogP contribution in [0.4, 0.5) is 0 Å². The second-order valence-electron chi connectivity index (χ2n) is 5.58. The van der Waals surface area contributed by atoms with Gasteiger partial charge in [0.05, 0.1) is 11.8 Å². The van der Waals surface area contributed by atoms with Gasteiger partial charge in [-0.15, -0.1) is 0 Å². The van der Waals surface area contributed by atoms with Crippen molar-refractivity contribution >= 4 is 11.6 Å². The summed E-state index contributed by atoms with van der Waals surface area (Å²) in [7, 11) is 1.90. The third-order valence-electron chi connectivity index (χ3n) is 3.78. The molecule has 2 aromatic heterocycles. The summed E-state index contributed by atoms with van der Waals surface area (Å²) < 4.78 is 1.79. The quantitative estimate of drug-likeness (QED) is 0.723. The van der Waals surface area contributed by atoms with Crippen molar-refractivity contribution in [2.24, 2.45) is 7.05 Å². The molecule has 0 saturated carbocycles. The number of nitrogens with one attached hydrogen (secondary N) is 1. The topological polar surface area (TPSA) is 63.0 Å². The van der Waals surface area contributed by atoms with Crippen LogP contribution in [0, 0.1) is 0 Å². The molecule has 5 nitrogen and oxygen atoms in total. The molecule has 0 bridgehead atoms. The summed E-state index contributed by atoms with van der Waals surface area (Å²) in [6.07, 6.45) is 4.83. The lowest BCUT2D eigenvalue weighted by atomic mass is 10.1. The van der Waals surface area contributed by atoms with Crippen molar-refractivity contribution in [2.45, 2.75) is 12.6 Å². The third kappa shape index (κ3) is 3.82. The maximum Gasteiger partial charge on any atom is 0.0969 e. The molecule has 6 heteroatoms. The lowest BCUT2D eigenvalue weighted by Gasteiger charge is -2.13. The van der Waals surface area contributed by atoms with Crippen LogP contribution in [0.3, 0.4) is 0 Å². The van der Waals surface area contributed by atoms with Gasteiger partial charge in [0, 0.05) is 60.4 Å². The van der Waals surface area contributed by atoms with Crippen LogP contribution < -0.4 is 5.32 Å². The highest BCUT2D eigenvalue weighted by atomic mass is 35.5. The van der Waals surface area contributed by atoms with Gasteiger partial charge in [0.1, 0.15) is 0 Å². The van der Waals surface area contributed by atoms with Gasteiger partial charge in [-0.2, -0.15) is 5.10 Å². The van der Waals surface area contributed by atoms with Gasteiger partial charge < -0.3 is 10.4 Å². The molecular weight excluding hydrogens is 324 g/mol. The van der Waals surface area contributed by atoms with Gasteiger partial charge in [-0.3, -0.25) is 9.67 Å². The van der Waals surface area contributed by atoms with Gasteiger partial charge >= 0.3 is 0 Å². The molecule has 124 valence electrons. The number of aliphatic hydroxyl groups excluding tert-OH is 1. The van der Waals surface area contributed by atoms with Crippen molar-refractivity contribution in [1.29, 1.82) is 0 Å². The Hall–Kier alpha value is -2.21. The lowest BCUT2D eigenvalue weighted by Crippen LogP contribution is -2.21. The van der Waals surface area contributed by atoms with Crippen molar-refractivity contribution in [3.8, 4) is 11.3 Å². The predicted molar refractivity (Wildman–Crippen MR) is 94.6 cm³/mol. The summed E-state index contributed by atoms with van der Waals surface area (Å²) in [6, 6.07) is 11.2. The molecule has 3 aromatic rings. The molecule has 1 atom stereocenters. The normalized spacial score (nSPS) is 12.3. The highest BCUT2D eigenvalue weighted by Gasteiger charge is 2.13. The van der Waals surface area contributed by atoms with Crippen LogP contribution in [0.15, 0.2) is 55.0 Å². The Morgan fingerprint density at radius 3 is 2.71 bits per heavy atom. The zero-order chi connectivity index (χ0) is 16.9. The van der Waals surface area contributed by atoms with Gasteiger partial charge in [-0.1, -0.05) is 29.8 Å². The Labute approximate surface area is 145 Å². The molecule has 0 amide bonds. The smallest absolute Gasteiger partial charge is 0.0969 e. The Morgan fingerprint density at radius 1 is 1.21 bits per heavy atom. The first-order valence-electron chi connectivity index (χ1n) is 7.71. The van der Waals surface area contributed by atoms with Crippen LogP contribution in [-0.4, -0.2) is 26.4 Å². The van der Waals surface area contributed by atoms with Crippen molar-refractivity contribution < 1.29 is 5.11 Å². The highest BCUT2D eigenvalue weighted by Crippen LogP contribution is 2.23. The SMILES string of the molecule is Cn1cc(CNCC(O)c2ccccc2Cl)c(-c2ccncc2)n1. The van der Waals surface area contributed by atoms with E-state index in [1.807, 2.05) is 43.6 Å². The molecule has 0 aliphatic heterocycles. The molecular formula is C18H19ClN4O. The Bertz CT molecular complexity index is 804. The van der Waals surface area contributed by atoms with E-state index in [4.69, 9.17) is 11.6 Å². The molecule has 1 unspecified atom stereocenters. The number of hydrogen-bond acceptors (Lipinski definition) is 4. The molecule has 0 radical (unpaired) electrons. The first kappa shape index (κ1) is 16.6. The minimum atomic E-state index is -0.653. The predicted octanol–water partition coefficient (Wildman–Crippen LogP) is 2.96. The van der Waals surface area contributed by atoms with Crippen LogP contribution in [0.25, 0.3) is 11.3 Å². The number of hydrogen-bond donors (Lipinski definition) is 2. The maximum absolute atomic E-state index is 10.3. The summed E-state index contributed by atoms with van der Waals surface area (Å²) >= 11 is 6.12. The van der Waals surface area contributed by atoms with Crippen LogP contribution >= 0.6 is 11.6 Å². The molecule has 24 heavy (non-hydrogen) atoms. The van der Waals surface area contributed by atoms with Gasteiger partial charge in [-0.25, -0.2) is 0 Å². The average Bonchev–Trinajstić information content (AvgIpc) is 2.97. The minimum Gasteiger partial charge on any atom is -0.387 e. The second kappa shape index (κ2) is 7.57. The van der Waals surface area contributed by atoms with E-state index in [2.05, 4.69) is 15.4 Å². The van der Waals surface area contributed by atoms with Gasteiger partial charge in [-0.05, 0) is 18.2 Å². The molecule has 0 saturated heterocycles. The van der Waals surface area contributed by atoms with E-state index >= 15 is 0 Å². The van der Waals surface area contributed by atoms with Gasteiger partial charge in [0.15, 0.2) is 0 Å². The number of nitrogens with zero attached hydrogens (tertiary/aromatic N) is 3. The number of aryl methyl sites for hydroxylation is 1. The van der Waals surface area contributed by atoms with Crippen LogP contribution in [0.5, 0.6) is 0 Å². The minimum absolute atomic E-state index is 0.411. The van der Waals surface area contributed by atoms with Crippen LogP contribution in [0.1, 0.15) is 17.2 Å². The highest BCUT2D eigenvalue weighted by molar-refractivity contribution is 6.31. The van der Waals surface area contributed by atoms with E-state index in [1.54, 1.807) is 23.1 Å². The van der Waals surface area contributed by atoms with Gasteiger partial charge in [0.2, 0.25) is 0 Å². The summed E-state index contributed by atoms with van der Waals surface area (Å²) in [5.41, 5.74) is 3.73. The first-order valence-corrected chi connectivity index (χ1v) is 8.09. The van der Waals surface area contributed by atoms with Crippen molar-refractivity contribution in [3.05, 3.63) is 71.1 Å². The zero-order valence-electron chi connectivity index (χ0n) is 13.4. The number of benzene rings is 1. The van der Waals surface area contributed by atoms with E-state index in [-0.39, 0.29) is 0 Å². The zero-order valence-corrected chi connectivity index (χ0v) is 14.1. The molecule has 3 rings (SSSR count). The fourth-order valence-electron chi connectivity index (χ4n) is 2.62. The fourth-order valence-corrected chi connectivity index (χ4v) is 2.88. The van der Waals surface area contributed by atoms with Crippen LogP contribution in [-0.2, 0) is 13.6 Å². The largest absolute Gasteiger partial charge is 0.387 e. The molecule has 0 fully saturated rings. The molecule has 2 heterocycles. The van der Waals surface area contributed by atoms with E-state index in [0.29, 0.717) is 18.1 Å². The number of pyridine rings is 1. The Morgan fingerprint density at radius 2 is 1.96 bits per heavy atom. The standard InChI is InChI=1S/C18H19ClN4O/c1-23-12-14(18(22-23)13-6-8-20-9-7-13)10-21-11-17(24)15-4-2-3-5-16(15)19/h2-9,12,17,21,24H,10-11H2,1H3. The van der Waals surface area contributed by atoms with E-state index in [9.17, 15) is 5.11 Å². The Balaban J connectivity index is 1.67. The monoisotopic (exact) mass is 342 g/mol.